The van der Waals surface area contributed by atoms with E-state index in [4.69, 9.17) is 5.73 Å². The maximum absolute atomic E-state index is 13.6. The number of fused-ring (bicyclic) bond motifs is 1. The number of anilines is 2. The normalized spacial score (nSPS) is 17.6. The Hall–Kier alpha value is -4.51. The Morgan fingerprint density at radius 1 is 1.02 bits per heavy atom. The van der Waals surface area contributed by atoms with E-state index in [9.17, 15) is 14.4 Å². The predicted octanol–water partition coefficient (Wildman–Crippen LogP) is 2.81. The molecule has 0 radical (unpaired) electrons. The summed E-state index contributed by atoms with van der Waals surface area (Å²) in [5, 5.41) is 11.8. The van der Waals surface area contributed by atoms with Gasteiger partial charge in [-0.15, -0.1) is 0 Å². The van der Waals surface area contributed by atoms with Crippen molar-refractivity contribution in [2.24, 2.45) is 17.6 Å². The molecule has 0 unspecified atom stereocenters. The quantitative estimate of drug-likeness (QED) is 0.212. The third-order valence-electron chi connectivity index (χ3n) is 7.76. The number of hydrogen-bond acceptors (Lipinski definition) is 7. The molecule has 2 heterocycles. The first-order valence-corrected chi connectivity index (χ1v) is 13.9. The summed E-state index contributed by atoms with van der Waals surface area (Å²) >= 11 is 0. The number of aromatic nitrogens is 4. The maximum atomic E-state index is 13.6. The zero-order chi connectivity index (χ0) is 28.9. The van der Waals surface area contributed by atoms with Crippen molar-refractivity contribution in [2.45, 2.75) is 38.1 Å². The average Bonchev–Trinajstić information content (AvgIpc) is 3.36. The molecule has 4 aromatic rings. The van der Waals surface area contributed by atoms with Gasteiger partial charge < -0.3 is 21.3 Å². The lowest BCUT2D eigenvalue weighted by Gasteiger charge is -2.28. The van der Waals surface area contributed by atoms with Gasteiger partial charge in [-0.2, -0.15) is 0 Å². The van der Waals surface area contributed by atoms with Crippen LogP contribution in [0.3, 0.4) is 0 Å². The van der Waals surface area contributed by atoms with Crippen LogP contribution in [0.4, 0.5) is 11.6 Å². The zero-order valence-corrected chi connectivity index (χ0v) is 23.3. The molecule has 1 saturated carbocycles. The molecule has 0 saturated heterocycles. The number of carbonyl (C=O) groups is 2. The summed E-state index contributed by atoms with van der Waals surface area (Å²) in [5.41, 5.74) is 9.36. The second kappa shape index (κ2) is 12.3. The van der Waals surface area contributed by atoms with E-state index in [-0.39, 0.29) is 23.3 Å². The number of aromatic amines is 2. The molecule has 6 N–H and O–H groups in total. The highest BCUT2D eigenvalue weighted by Crippen LogP contribution is 2.28. The topological polar surface area (TPSA) is 162 Å². The van der Waals surface area contributed by atoms with Crippen LogP contribution in [0.25, 0.3) is 22.0 Å². The number of nitrogens with one attached hydrogen (secondary N) is 4. The number of H-pyrrole nitrogens is 2. The third-order valence-corrected chi connectivity index (χ3v) is 7.76. The van der Waals surface area contributed by atoms with Crippen LogP contribution in [0.2, 0.25) is 0 Å². The molecule has 2 amide bonds. The lowest BCUT2D eigenvalue weighted by atomic mass is 9.81. The Morgan fingerprint density at radius 2 is 1.78 bits per heavy atom. The summed E-state index contributed by atoms with van der Waals surface area (Å²) in [7, 11) is 3.77. The Balaban J connectivity index is 1.36. The van der Waals surface area contributed by atoms with Crippen molar-refractivity contribution >= 4 is 34.4 Å². The molecule has 0 bridgehead atoms. The van der Waals surface area contributed by atoms with Crippen molar-refractivity contribution < 1.29 is 9.59 Å². The lowest BCUT2D eigenvalue weighted by molar-refractivity contribution is -0.130. The Bertz CT molecular complexity index is 1570. The van der Waals surface area contributed by atoms with Gasteiger partial charge in [-0.3, -0.25) is 24.6 Å². The average molecular weight is 557 g/mol. The monoisotopic (exact) mass is 556 g/mol. The highest BCUT2D eigenvalue weighted by atomic mass is 16.2. The van der Waals surface area contributed by atoms with Crippen molar-refractivity contribution in [1.82, 2.24) is 25.5 Å². The highest BCUT2D eigenvalue weighted by Gasteiger charge is 2.29. The van der Waals surface area contributed by atoms with Gasteiger partial charge in [0, 0.05) is 50.1 Å². The van der Waals surface area contributed by atoms with Crippen LogP contribution in [0, 0.1) is 11.8 Å². The van der Waals surface area contributed by atoms with E-state index in [1.165, 1.54) is 0 Å². The fourth-order valence-corrected chi connectivity index (χ4v) is 5.32. The third kappa shape index (κ3) is 6.63. The molecule has 2 aromatic carbocycles. The number of nitrogens with zero attached hydrogens (tertiary/aromatic N) is 3. The van der Waals surface area contributed by atoms with Gasteiger partial charge in [-0.25, -0.2) is 9.97 Å². The van der Waals surface area contributed by atoms with E-state index in [0.717, 1.165) is 42.4 Å². The van der Waals surface area contributed by atoms with Gasteiger partial charge in [-0.05, 0) is 67.5 Å². The largest absolute Gasteiger partial charge is 0.347 e. The minimum Gasteiger partial charge on any atom is -0.347 e. The second-order valence-corrected chi connectivity index (χ2v) is 10.9. The number of amides is 2. The number of rotatable bonds is 9. The van der Waals surface area contributed by atoms with Gasteiger partial charge in [0.25, 0.3) is 5.56 Å². The molecule has 214 valence electrons. The lowest BCUT2D eigenvalue weighted by Crippen LogP contribution is -2.48. The molecular formula is C30H36N8O3. The van der Waals surface area contributed by atoms with E-state index in [2.05, 4.69) is 30.8 Å². The molecule has 2 aromatic heterocycles. The number of carbonyl (C=O) groups excluding carboxylic acids is 2. The first-order chi connectivity index (χ1) is 19.8. The molecule has 1 atom stereocenters. The Morgan fingerprint density at radius 3 is 2.49 bits per heavy atom. The van der Waals surface area contributed by atoms with Crippen molar-refractivity contribution in [1.29, 1.82) is 0 Å². The van der Waals surface area contributed by atoms with Gasteiger partial charge in [0.05, 0.1) is 10.9 Å². The van der Waals surface area contributed by atoms with Gasteiger partial charge >= 0.3 is 0 Å². The number of nitrogens with two attached hydrogens (primary N) is 1. The van der Waals surface area contributed by atoms with Gasteiger partial charge in [-0.1, -0.05) is 24.3 Å². The van der Waals surface area contributed by atoms with Crippen LogP contribution in [-0.4, -0.2) is 58.7 Å². The molecule has 11 nitrogen and oxygen atoms in total. The summed E-state index contributed by atoms with van der Waals surface area (Å²) in [5.74, 6) is 0.469. The van der Waals surface area contributed by atoms with E-state index in [1.807, 2.05) is 43.3 Å². The number of hydrogen-bond donors (Lipinski definition) is 5. The van der Waals surface area contributed by atoms with Gasteiger partial charge in [0.2, 0.25) is 17.8 Å². The number of benzene rings is 2. The van der Waals surface area contributed by atoms with Crippen LogP contribution in [0.5, 0.6) is 0 Å². The van der Waals surface area contributed by atoms with E-state index < -0.39 is 6.04 Å². The van der Waals surface area contributed by atoms with E-state index in [1.54, 1.807) is 30.6 Å². The van der Waals surface area contributed by atoms with Gasteiger partial charge in [0.1, 0.15) is 6.04 Å². The molecule has 11 heteroatoms. The predicted molar refractivity (Wildman–Crippen MR) is 159 cm³/mol. The summed E-state index contributed by atoms with van der Waals surface area (Å²) < 4.78 is 0. The molecule has 0 spiro atoms. The van der Waals surface area contributed by atoms with Crippen LogP contribution < -0.4 is 26.8 Å². The van der Waals surface area contributed by atoms with Crippen LogP contribution in [-0.2, 0) is 16.0 Å². The summed E-state index contributed by atoms with van der Waals surface area (Å²) in [6.45, 7) is 0.634. The smallest absolute Gasteiger partial charge is 0.271 e. The van der Waals surface area contributed by atoms with Crippen molar-refractivity contribution in [3.63, 3.8) is 0 Å². The summed E-state index contributed by atoms with van der Waals surface area (Å²) in [6.07, 6.45) is 7.19. The van der Waals surface area contributed by atoms with E-state index >= 15 is 0 Å². The van der Waals surface area contributed by atoms with Crippen molar-refractivity contribution in [3.05, 3.63) is 70.8 Å². The molecule has 1 fully saturated rings. The van der Waals surface area contributed by atoms with Crippen LogP contribution >= 0.6 is 0 Å². The van der Waals surface area contributed by atoms with Crippen molar-refractivity contribution in [3.8, 4) is 11.1 Å². The molecule has 41 heavy (non-hydrogen) atoms. The standard InChI is InChI=1S/C30H36N8O3/c1-38(2)30-32-16-22(17-33-30)21-5-3-4-19(12-21)13-26(35-27(39)20-8-6-18(15-31)7-9-20)29(41)34-23-10-11-24-25(14-23)36-37-28(24)40/h3-5,10-12,14,16-18,20,26H,6-9,13,15,31H2,1-2H3,(H,34,41)(H,35,39)(H2,36,37,40)/t18?,20?,26-/m0/s1. The van der Waals surface area contributed by atoms with Crippen LogP contribution in [0.1, 0.15) is 31.2 Å². The summed E-state index contributed by atoms with van der Waals surface area (Å²) in [4.78, 5) is 49.4. The fourth-order valence-electron chi connectivity index (χ4n) is 5.32. The molecular weight excluding hydrogens is 520 g/mol. The first-order valence-electron chi connectivity index (χ1n) is 13.9. The Labute approximate surface area is 237 Å². The van der Waals surface area contributed by atoms with Crippen molar-refractivity contribution in [2.75, 3.05) is 30.9 Å². The summed E-state index contributed by atoms with van der Waals surface area (Å²) in [6, 6.07) is 12.0. The zero-order valence-electron chi connectivity index (χ0n) is 23.3. The molecule has 1 aliphatic carbocycles. The Kier molecular flexibility index (Phi) is 8.44. The highest BCUT2D eigenvalue weighted by molar-refractivity contribution is 5.99. The SMILES string of the molecule is CN(C)c1ncc(-c2cccc(C[C@H](NC(=O)C3CCC(CN)CC3)C(=O)Nc3ccc4c(=O)[nH][nH]c4c3)c2)cn1. The minimum absolute atomic E-state index is 0.116. The van der Waals surface area contributed by atoms with Crippen LogP contribution in [0.15, 0.2) is 59.7 Å². The molecule has 5 rings (SSSR count). The maximum Gasteiger partial charge on any atom is 0.271 e. The molecule has 0 aliphatic heterocycles. The van der Waals surface area contributed by atoms with Gasteiger partial charge in [0.15, 0.2) is 0 Å². The fraction of sp³-hybridized carbons (Fsp3) is 0.367. The first kappa shape index (κ1) is 28.0. The molecule has 1 aliphatic rings. The second-order valence-electron chi connectivity index (χ2n) is 10.9. The van der Waals surface area contributed by atoms with E-state index in [0.29, 0.717) is 41.4 Å². The minimum atomic E-state index is -0.807.